The molecule has 0 radical (unpaired) electrons. The van der Waals surface area contributed by atoms with Crippen molar-refractivity contribution in [2.45, 2.75) is 52.4 Å². The molecule has 0 atom stereocenters. The number of anilines is 1. The van der Waals surface area contributed by atoms with Crippen molar-refractivity contribution in [2.75, 3.05) is 18.5 Å². The van der Waals surface area contributed by atoms with Gasteiger partial charge in [-0.1, -0.05) is 39.3 Å². The van der Waals surface area contributed by atoms with Crippen LogP contribution < -0.4 is 14.8 Å². The number of hydrogen-bond donors (Lipinski definition) is 1. The topological polar surface area (TPSA) is 47.6 Å². The summed E-state index contributed by atoms with van der Waals surface area (Å²) in [6.07, 6.45) is 3.26. The summed E-state index contributed by atoms with van der Waals surface area (Å²) in [4.78, 5) is 12.0. The van der Waals surface area contributed by atoms with E-state index in [1.807, 2.05) is 36.4 Å². The van der Waals surface area contributed by atoms with Crippen molar-refractivity contribution >= 4 is 11.6 Å². The van der Waals surface area contributed by atoms with E-state index < -0.39 is 0 Å². The van der Waals surface area contributed by atoms with Crippen LogP contribution in [0.5, 0.6) is 11.5 Å². The van der Waals surface area contributed by atoms with Gasteiger partial charge in [0.05, 0.1) is 13.2 Å². The Morgan fingerprint density at radius 1 is 0.889 bits per heavy atom. The van der Waals surface area contributed by atoms with Gasteiger partial charge in [-0.15, -0.1) is 0 Å². The number of amides is 1. The number of carbonyl (C=O) groups is 1. The SMILES string of the molecule is CCCCOc1ccc(NC(=O)CCCOc2ccc(C(C)C)cc2)cc1. The minimum atomic E-state index is -0.00610. The van der Waals surface area contributed by atoms with E-state index in [1.165, 1.54) is 5.56 Å². The maximum Gasteiger partial charge on any atom is 0.224 e. The second-order valence-corrected chi connectivity index (χ2v) is 6.95. The van der Waals surface area contributed by atoms with Gasteiger partial charge in [0.2, 0.25) is 5.91 Å². The summed E-state index contributed by atoms with van der Waals surface area (Å²) in [5.74, 6) is 2.19. The normalized spacial score (nSPS) is 10.7. The van der Waals surface area contributed by atoms with Crippen LogP contribution >= 0.6 is 0 Å². The predicted molar refractivity (Wildman–Crippen MR) is 111 cm³/mol. The highest BCUT2D eigenvalue weighted by atomic mass is 16.5. The second kappa shape index (κ2) is 11.3. The molecule has 0 unspecified atom stereocenters. The molecular weight excluding hydrogens is 338 g/mol. The van der Waals surface area contributed by atoms with Crippen LogP contribution in [0.3, 0.4) is 0 Å². The van der Waals surface area contributed by atoms with Gasteiger partial charge in [-0.05, 0) is 60.7 Å². The molecule has 2 aromatic carbocycles. The molecule has 1 N–H and O–H groups in total. The molecule has 2 rings (SSSR count). The molecular formula is C23H31NO3. The fourth-order valence-corrected chi connectivity index (χ4v) is 2.56. The Morgan fingerprint density at radius 2 is 1.44 bits per heavy atom. The van der Waals surface area contributed by atoms with Crippen LogP contribution in [0, 0.1) is 0 Å². The number of unbranched alkanes of at least 4 members (excludes halogenated alkanes) is 1. The second-order valence-electron chi connectivity index (χ2n) is 6.95. The van der Waals surface area contributed by atoms with Gasteiger partial charge >= 0.3 is 0 Å². The van der Waals surface area contributed by atoms with Crippen LogP contribution in [0.1, 0.15) is 57.9 Å². The first-order valence-electron chi connectivity index (χ1n) is 9.84. The Balaban J connectivity index is 1.65. The lowest BCUT2D eigenvalue weighted by atomic mass is 10.0. The molecule has 0 aliphatic rings. The van der Waals surface area contributed by atoms with Gasteiger partial charge in [0, 0.05) is 12.1 Å². The fraction of sp³-hybridized carbons (Fsp3) is 0.435. The highest BCUT2D eigenvalue weighted by Crippen LogP contribution is 2.19. The lowest BCUT2D eigenvalue weighted by molar-refractivity contribution is -0.116. The van der Waals surface area contributed by atoms with Crippen molar-refractivity contribution in [3.8, 4) is 11.5 Å². The summed E-state index contributed by atoms with van der Waals surface area (Å²) in [6.45, 7) is 7.72. The maximum atomic E-state index is 12.0. The molecule has 0 aromatic heterocycles. The summed E-state index contributed by atoms with van der Waals surface area (Å²) in [6, 6.07) is 15.6. The Labute approximate surface area is 162 Å². The van der Waals surface area contributed by atoms with Crippen molar-refractivity contribution in [1.82, 2.24) is 0 Å². The van der Waals surface area contributed by atoms with E-state index in [0.717, 1.165) is 36.6 Å². The minimum absolute atomic E-state index is 0.00610. The van der Waals surface area contributed by atoms with E-state index in [9.17, 15) is 4.79 Å². The number of carbonyl (C=O) groups excluding carboxylic acids is 1. The fourth-order valence-electron chi connectivity index (χ4n) is 2.56. The zero-order chi connectivity index (χ0) is 19.5. The van der Waals surface area contributed by atoms with E-state index in [4.69, 9.17) is 9.47 Å². The Bertz CT molecular complexity index is 678. The summed E-state index contributed by atoms with van der Waals surface area (Å²) in [5.41, 5.74) is 2.08. The van der Waals surface area contributed by atoms with Crippen LogP contribution in [0.15, 0.2) is 48.5 Å². The van der Waals surface area contributed by atoms with Crippen molar-refractivity contribution in [3.63, 3.8) is 0 Å². The average molecular weight is 370 g/mol. The summed E-state index contributed by atoms with van der Waals surface area (Å²) in [7, 11) is 0. The van der Waals surface area contributed by atoms with Gasteiger partial charge in [0.25, 0.3) is 0 Å². The molecule has 0 saturated heterocycles. The molecule has 0 heterocycles. The zero-order valence-corrected chi connectivity index (χ0v) is 16.7. The lowest BCUT2D eigenvalue weighted by Crippen LogP contribution is -2.12. The smallest absolute Gasteiger partial charge is 0.224 e. The molecule has 0 aliphatic carbocycles. The van der Waals surface area contributed by atoms with Crippen LogP contribution in [0.25, 0.3) is 0 Å². The van der Waals surface area contributed by atoms with Gasteiger partial charge in [-0.2, -0.15) is 0 Å². The highest BCUT2D eigenvalue weighted by Gasteiger charge is 2.04. The number of hydrogen-bond acceptors (Lipinski definition) is 3. The lowest BCUT2D eigenvalue weighted by Gasteiger charge is -2.10. The third-order valence-corrected chi connectivity index (χ3v) is 4.27. The van der Waals surface area contributed by atoms with Gasteiger partial charge in [0.1, 0.15) is 11.5 Å². The third-order valence-electron chi connectivity index (χ3n) is 4.27. The molecule has 0 bridgehead atoms. The highest BCUT2D eigenvalue weighted by molar-refractivity contribution is 5.90. The number of rotatable bonds is 11. The zero-order valence-electron chi connectivity index (χ0n) is 16.7. The molecule has 2 aromatic rings. The van der Waals surface area contributed by atoms with Gasteiger partial charge in [-0.3, -0.25) is 4.79 Å². The van der Waals surface area contributed by atoms with E-state index in [2.05, 4.69) is 38.2 Å². The van der Waals surface area contributed by atoms with Crippen molar-refractivity contribution < 1.29 is 14.3 Å². The molecule has 1 amide bonds. The van der Waals surface area contributed by atoms with E-state index in [1.54, 1.807) is 0 Å². The Morgan fingerprint density at radius 3 is 2.00 bits per heavy atom. The summed E-state index contributed by atoms with van der Waals surface area (Å²) in [5, 5.41) is 2.90. The number of nitrogens with one attached hydrogen (secondary N) is 1. The van der Waals surface area contributed by atoms with Crippen molar-refractivity contribution in [3.05, 3.63) is 54.1 Å². The molecule has 4 nitrogen and oxygen atoms in total. The number of ether oxygens (including phenoxy) is 2. The third kappa shape index (κ3) is 7.73. The first-order valence-corrected chi connectivity index (χ1v) is 9.84. The average Bonchev–Trinajstić information content (AvgIpc) is 2.67. The Hall–Kier alpha value is -2.49. The molecule has 0 fully saturated rings. The first kappa shape index (κ1) is 20.8. The number of benzene rings is 2. The summed E-state index contributed by atoms with van der Waals surface area (Å²) < 4.78 is 11.3. The quantitative estimate of drug-likeness (QED) is 0.510. The largest absolute Gasteiger partial charge is 0.494 e. The van der Waals surface area contributed by atoms with Crippen molar-refractivity contribution in [1.29, 1.82) is 0 Å². The minimum Gasteiger partial charge on any atom is -0.494 e. The molecule has 27 heavy (non-hydrogen) atoms. The van der Waals surface area contributed by atoms with Crippen LogP contribution in [0.4, 0.5) is 5.69 Å². The van der Waals surface area contributed by atoms with E-state index in [0.29, 0.717) is 25.4 Å². The standard InChI is InChI=1S/C23H31NO3/c1-4-5-16-26-22-14-10-20(11-15-22)24-23(25)7-6-17-27-21-12-8-19(9-13-21)18(2)3/h8-15,18H,4-7,16-17H2,1-3H3,(H,24,25). The van der Waals surface area contributed by atoms with Gasteiger partial charge in [0.15, 0.2) is 0 Å². The van der Waals surface area contributed by atoms with E-state index >= 15 is 0 Å². The maximum absolute atomic E-state index is 12.0. The molecule has 0 spiro atoms. The van der Waals surface area contributed by atoms with Crippen LogP contribution in [-0.4, -0.2) is 19.1 Å². The van der Waals surface area contributed by atoms with Crippen molar-refractivity contribution in [2.24, 2.45) is 0 Å². The molecule has 0 saturated carbocycles. The predicted octanol–water partition coefficient (Wildman–Crippen LogP) is 5.79. The van der Waals surface area contributed by atoms with Crippen LogP contribution in [-0.2, 0) is 4.79 Å². The van der Waals surface area contributed by atoms with Gasteiger partial charge in [-0.25, -0.2) is 0 Å². The summed E-state index contributed by atoms with van der Waals surface area (Å²) >= 11 is 0. The van der Waals surface area contributed by atoms with Gasteiger partial charge < -0.3 is 14.8 Å². The molecule has 4 heteroatoms. The molecule has 0 aliphatic heterocycles. The van der Waals surface area contributed by atoms with Crippen LogP contribution in [0.2, 0.25) is 0 Å². The monoisotopic (exact) mass is 369 g/mol. The molecule has 146 valence electrons. The van der Waals surface area contributed by atoms with E-state index in [-0.39, 0.29) is 5.91 Å². The first-order chi connectivity index (χ1) is 13.1. The Kier molecular flexibility index (Phi) is 8.69.